The van der Waals surface area contributed by atoms with Crippen molar-refractivity contribution in [1.82, 2.24) is 15.2 Å². The predicted molar refractivity (Wildman–Crippen MR) is 105 cm³/mol. The van der Waals surface area contributed by atoms with Crippen LogP contribution in [0.1, 0.15) is 0 Å². The smallest absolute Gasteiger partial charge is 0.156 e. The fraction of sp³-hybridized carbons (Fsp3) is 0.0526. The molecule has 2 aromatic carbocycles. The fourth-order valence-electron chi connectivity index (χ4n) is 2.85. The van der Waals surface area contributed by atoms with E-state index < -0.39 is 0 Å². The van der Waals surface area contributed by atoms with E-state index in [0.29, 0.717) is 22.2 Å². The molecule has 0 spiro atoms. The highest BCUT2D eigenvalue weighted by atomic mass is 35.5. The SMILES string of the molecule is COc1cccc(-c2cnc(Nc3ccccc3Cl)c3[nH]nc(N)c23)c1. The molecule has 4 aromatic rings. The molecule has 0 aliphatic heterocycles. The molecule has 0 amide bonds. The number of para-hydroxylation sites is 1. The van der Waals surface area contributed by atoms with Crippen molar-refractivity contribution >= 4 is 39.8 Å². The van der Waals surface area contributed by atoms with Gasteiger partial charge in [0.2, 0.25) is 0 Å². The molecule has 0 bridgehead atoms. The Bertz CT molecular complexity index is 1090. The molecule has 0 atom stereocenters. The zero-order chi connectivity index (χ0) is 18.1. The quantitative estimate of drug-likeness (QED) is 0.491. The topological polar surface area (TPSA) is 88.8 Å². The van der Waals surface area contributed by atoms with E-state index in [1.807, 2.05) is 48.5 Å². The molecule has 0 saturated carbocycles. The Morgan fingerprint density at radius 3 is 2.81 bits per heavy atom. The van der Waals surface area contributed by atoms with Gasteiger partial charge in [0, 0.05) is 11.8 Å². The first-order valence-corrected chi connectivity index (χ1v) is 8.33. The highest BCUT2D eigenvalue weighted by Gasteiger charge is 2.16. The third-order valence-electron chi connectivity index (χ3n) is 4.13. The average Bonchev–Trinajstić information content (AvgIpc) is 3.06. The first-order valence-electron chi connectivity index (χ1n) is 7.96. The van der Waals surface area contributed by atoms with Crippen molar-refractivity contribution in [3.05, 3.63) is 59.8 Å². The first-order chi connectivity index (χ1) is 12.7. The van der Waals surface area contributed by atoms with Crippen LogP contribution in [-0.4, -0.2) is 22.3 Å². The second-order valence-corrected chi connectivity index (χ2v) is 6.12. The van der Waals surface area contributed by atoms with Gasteiger partial charge >= 0.3 is 0 Å². The van der Waals surface area contributed by atoms with E-state index >= 15 is 0 Å². The van der Waals surface area contributed by atoms with Gasteiger partial charge in [-0.1, -0.05) is 35.9 Å². The van der Waals surface area contributed by atoms with Gasteiger partial charge in [0.1, 0.15) is 11.3 Å². The molecule has 2 heterocycles. The molecule has 0 saturated heterocycles. The van der Waals surface area contributed by atoms with Crippen LogP contribution in [-0.2, 0) is 0 Å². The van der Waals surface area contributed by atoms with Crippen molar-refractivity contribution in [3.8, 4) is 16.9 Å². The lowest BCUT2D eigenvalue weighted by Gasteiger charge is -2.11. The van der Waals surface area contributed by atoms with E-state index in [-0.39, 0.29) is 0 Å². The second-order valence-electron chi connectivity index (χ2n) is 5.72. The van der Waals surface area contributed by atoms with E-state index in [1.165, 1.54) is 0 Å². The average molecular weight is 366 g/mol. The van der Waals surface area contributed by atoms with Crippen molar-refractivity contribution in [2.75, 3.05) is 18.2 Å². The Kier molecular flexibility index (Phi) is 4.10. The van der Waals surface area contributed by atoms with Gasteiger partial charge < -0.3 is 15.8 Å². The summed E-state index contributed by atoms with van der Waals surface area (Å²) in [6.45, 7) is 0. The molecule has 0 aliphatic carbocycles. The number of ether oxygens (including phenoxy) is 1. The third-order valence-corrected chi connectivity index (χ3v) is 4.46. The number of aromatic amines is 1. The number of nitrogens with two attached hydrogens (primary N) is 1. The van der Waals surface area contributed by atoms with E-state index in [1.54, 1.807) is 13.3 Å². The summed E-state index contributed by atoms with van der Waals surface area (Å²) in [5.41, 5.74) is 9.40. The minimum atomic E-state index is 0.405. The number of aromatic nitrogens is 3. The largest absolute Gasteiger partial charge is 0.497 e. The van der Waals surface area contributed by atoms with Crippen molar-refractivity contribution < 1.29 is 4.74 Å². The highest BCUT2D eigenvalue weighted by molar-refractivity contribution is 6.33. The summed E-state index contributed by atoms with van der Waals surface area (Å²) < 4.78 is 5.31. The summed E-state index contributed by atoms with van der Waals surface area (Å²) in [5, 5.41) is 11.8. The minimum absolute atomic E-state index is 0.405. The fourth-order valence-corrected chi connectivity index (χ4v) is 3.04. The lowest BCUT2D eigenvalue weighted by molar-refractivity contribution is 0.415. The number of nitrogen functional groups attached to an aromatic ring is 1. The summed E-state index contributed by atoms with van der Waals surface area (Å²) in [5.74, 6) is 1.77. The molecule has 0 unspecified atom stereocenters. The molecule has 26 heavy (non-hydrogen) atoms. The summed E-state index contributed by atoms with van der Waals surface area (Å²) in [6, 6.07) is 15.2. The van der Waals surface area contributed by atoms with E-state index in [4.69, 9.17) is 22.1 Å². The van der Waals surface area contributed by atoms with Crippen LogP contribution in [0.4, 0.5) is 17.3 Å². The second kappa shape index (κ2) is 6.57. The highest BCUT2D eigenvalue weighted by Crippen LogP contribution is 2.36. The molecule has 0 aliphatic rings. The Morgan fingerprint density at radius 1 is 1.15 bits per heavy atom. The van der Waals surface area contributed by atoms with Gasteiger partial charge in [-0.3, -0.25) is 5.10 Å². The maximum atomic E-state index is 6.24. The maximum Gasteiger partial charge on any atom is 0.156 e. The van der Waals surface area contributed by atoms with Crippen LogP contribution in [0.5, 0.6) is 5.75 Å². The number of nitrogens with one attached hydrogen (secondary N) is 2. The Labute approximate surface area is 155 Å². The normalized spacial score (nSPS) is 10.8. The Hall–Kier alpha value is -3.25. The van der Waals surface area contributed by atoms with Crippen LogP contribution >= 0.6 is 11.6 Å². The maximum absolute atomic E-state index is 6.24. The van der Waals surface area contributed by atoms with E-state index in [9.17, 15) is 0 Å². The Balaban J connectivity index is 1.85. The first kappa shape index (κ1) is 16.2. The molecule has 130 valence electrons. The summed E-state index contributed by atoms with van der Waals surface area (Å²) in [4.78, 5) is 4.55. The molecular weight excluding hydrogens is 350 g/mol. The lowest BCUT2D eigenvalue weighted by atomic mass is 10.0. The number of halogens is 1. The number of rotatable bonds is 4. The van der Waals surface area contributed by atoms with Gasteiger partial charge in [-0.15, -0.1) is 0 Å². The molecule has 2 aromatic heterocycles. The standard InChI is InChI=1S/C19H16ClN5O/c1-26-12-6-4-5-11(9-12)13-10-22-19(17-16(13)18(21)25-24-17)23-15-8-3-2-7-14(15)20/h2-10H,1H3,(H,22,23)(H3,21,24,25). The number of hydrogen-bond acceptors (Lipinski definition) is 5. The number of anilines is 3. The molecule has 0 radical (unpaired) electrons. The Morgan fingerprint density at radius 2 is 2.00 bits per heavy atom. The minimum Gasteiger partial charge on any atom is -0.497 e. The number of methoxy groups -OCH3 is 1. The van der Waals surface area contributed by atoms with Gasteiger partial charge in [-0.05, 0) is 29.8 Å². The van der Waals surface area contributed by atoms with Crippen molar-refractivity contribution in [1.29, 1.82) is 0 Å². The number of benzene rings is 2. The number of pyridine rings is 1. The molecule has 4 rings (SSSR count). The van der Waals surface area contributed by atoms with Crippen LogP contribution in [0, 0.1) is 0 Å². The van der Waals surface area contributed by atoms with Crippen molar-refractivity contribution in [3.63, 3.8) is 0 Å². The van der Waals surface area contributed by atoms with E-state index in [0.717, 1.165) is 28.0 Å². The van der Waals surface area contributed by atoms with Gasteiger partial charge in [-0.2, -0.15) is 5.10 Å². The zero-order valence-corrected chi connectivity index (χ0v) is 14.7. The molecule has 0 fully saturated rings. The van der Waals surface area contributed by atoms with Gasteiger partial charge in [-0.25, -0.2) is 4.98 Å². The summed E-state index contributed by atoms with van der Waals surface area (Å²) >= 11 is 6.24. The van der Waals surface area contributed by atoms with Crippen molar-refractivity contribution in [2.24, 2.45) is 0 Å². The predicted octanol–water partition coefficient (Wildman–Crippen LogP) is 4.61. The number of nitrogens with zero attached hydrogens (tertiary/aromatic N) is 2. The van der Waals surface area contributed by atoms with Gasteiger partial charge in [0.05, 0.1) is 23.2 Å². The van der Waals surface area contributed by atoms with Gasteiger partial charge in [0.15, 0.2) is 11.6 Å². The van der Waals surface area contributed by atoms with Crippen LogP contribution < -0.4 is 15.8 Å². The van der Waals surface area contributed by atoms with Gasteiger partial charge in [0.25, 0.3) is 0 Å². The van der Waals surface area contributed by atoms with Crippen LogP contribution in [0.25, 0.3) is 22.0 Å². The molecule has 7 heteroatoms. The summed E-state index contributed by atoms with van der Waals surface area (Å²) in [7, 11) is 1.63. The van der Waals surface area contributed by atoms with Crippen LogP contribution in [0.3, 0.4) is 0 Å². The zero-order valence-electron chi connectivity index (χ0n) is 14.0. The molecule has 6 nitrogen and oxygen atoms in total. The number of H-pyrrole nitrogens is 1. The van der Waals surface area contributed by atoms with Crippen LogP contribution in [0.2, 0.25) is 5.02 Å². The molecular formula is C19H16ClN5O. The summed E-state index contributed by atoms with van der Waals surface area (Å²) in [6.07, 6.45) is 1.77. The van der Waals surface area contributed by atoms with Crippen molar-refractivity contribution in [2.45, 2.75) is 0 Å². The lowest BCUT2D eigenvalue weighted by Crippen LogP contribution is -1.97. The van der Waals surface area contributed by atoms with Crippen LogP contribution in [0.15, 0.2) is 54.7 Å². The molecule has 4 N–H and O–H groups in total. The number of fused-ring (bicyclic) bond motifs is 1. The monoisotopic (exact) mass is 365 g/mol. The number of hydrogen-bond donors (Lipinski definition) is 3. The third kappa shape index (κ3) is 2.80. The van der Waals surface area contributed by atoms with E-state index in [2.05, 4.69) is 20.5 Å².